The average Bonchev–Trinajstić information content (AvgIpc) is 2.94. The number of hydrazine groups is 1. The number of ether oxygens (including phenoxy) is 1. The van der Waals surface area contributed by atoms with Gasteiger partial charge in [0, 0.05) is 12.6 Å². The van der Waals surface area contributed by atoms with Gasteiger partial charge in [-0.1, -0.05) is 49.0 Å². The van der Waals surface area contributed by atoms with Gasteiger partial charge in [0.1, 0.15) is 5.04 Å². The third-order valence-electron chi connectivity index (χ3n) is 2.47. The van der Waals surface area contributed by atoms with E-state index in [0.717, 1.165) is 17.0 Å². The molecule has 0 saturated heterocycles. The summed E-state index contributed by atoms with van der Waals surface area (Å²) < 4.78 is 5.05. The molecule has 1 aromatic rings. The fraction of sp³-hybridized carbons (Fsp3) is 0.308. The summed E-state index contributed by atoms with van der Waals surface area (Å²) in [5.74, 6) is 1.77. The van der Waals surface area contributed by atoms with Crippen LogP contribution in [0.1, 0.15) is 18.9 Å². The summed E-state index contributed by atoms with van der Waals surface area (Å²) >= 11 is 1.47. The molecule has 0 unspecified atom stereocenters. The largest absolute Gasteiger partial charge is 0.448 e. The smallest absolute Gasteiger partial charge is 0.429 e. The molecule has 2 rings (SSSR count). The molecule has 0 spiro atoms. The zero-order valence-corrected chi connectivity index (χ0v) is 11.8. The Morgan fingerprint density at radius 1 is 1.42 bits per heavy atom. The first kappa shape index (κ1) is 13.7. The SMILES string of the molecule is CCCOC(=O)N(C)N1[CH]SC(c2ccccc2)=N1. The van der Waals surface area contributed by atoms with E-state index in [9.17, 15) is 4.79 Å². The molecule has 0 saturated carbocycles. The maximum absolute atomic E-state index is 11.7. The summed E-state index contributed by atoms with van der Waals surface area (Å²) in [6.45, 7) is 2.37. The molecule has 0 N–H and O–H groups in total. The van der Waals surface area contributed by atoms with Gasteiger partial charge in [0.2, 0.25) is 0 Å². The monoisotopic (exact) mass is 278 g/mol. The summed E-state index contributed by atoms with van der Waals surface area (Å²) in [6, 6.07) is 9.84. The Morgan fingerprint density at radius 2 is 2.16 bits per heavy atom. The van der Waals surface area contributed by atoms with Crippen LogP contribution in [0, 0.1) is 5.88 Å². The van der Waals surface area contributed by atoms with Crippen LogP contribution in [-0.4, -0.2) is 34.9 Å². The topological polar surface area (TPSA) is 45.1 Å². The lowest BCUT2D eigenvalue weighted by Crippen LogP contribution is -2.37. The van der Waals surface area contributed by atoms with Crippen molar-refractivity contribution in [3.8, 4) is 0 Å². The molecule has 5 nitrogen and oxygen atoms in total. The van der Waals surface area contributed by atoms with Gasteiger partial charge in [0.25, 0.3) is 0 Å². The van der Waals surface area contributed by atoms with Gasteiger partial charge in [-0.2, -0.15) is 5.12 Å². The van der Waals surface area contributed by atoms with Gasteiger partial charge in [0.05, 0.1) is 6.61 Å². The van der Waals surface area contributed by atoms with Crippen molar-refractivity contribution in [1.29, 1.82) is 0 Å². The molecule has 1 amide bonds. The summed E-state index contributed by atoms with van der Waals surface area (Å²) in [4.78, 5) is 11.7. The van der Waals surface area contributed by atoms with Crippen LogP contribution in [0.15, 0.2) is 35.4 Å². The van der Waals surface area contributed by atoms with Gasteiger partial charge in [-0.05, 0) is 6.42 Å². The summed E-state index contributed by atoms with van der Waals surface area (Å²) in [7, 11) is 1.63. The second kappa shape index (κ2) is 6.47. The van der Waals surface area contributed by atoms with E-state index in [4.69, 9.17) is 4.74 Å². The first-order valence-electron chi connectivity index (χ1n) is 6.06. The van der Waals surface area contributed by atoms with Gasteiger partial charge in [0.15, 0.2) is 5.88 Å². The third kappa shape index (κ3) is 3.41. The van der Waals surface area contributed by atoms with Crippen molar-refractivity contribution < 1.29 is 9.53 Å². The number of carbonyl (C=O) groups excluding carboxylic acids is 1. The van der Waals surface area contributed by atoms with E-state index < -0.39 is 6.09 Å². The van der Waals surface area contributed by atoms with Crippen molar-refractivity contribution in [2.75, 3.05) is 13.7 Å². The normalized spacial score (nSPS) is 14.2. The van der Waals surface area contributed by atoms with E-state index in [0.29, 0.717) is 6.61 Å². The second-order valence-corrected chi connectivity index (χ2v) is 4.79. The standard InChI is InChI=1S/C13H16N3O2S/c1-3-9-18-13(17)15(2)16-10-19-12(14-16)11-7-5-4-6-8-11/h4-8,10H,3,9H2,1-2H3. The van der Waals surface area contributed by atoms with Crippen LogP contribution in [0.5, 0.6) is 0 Å². The minimum absolute atomic E-state index is 0.406. The van der Waals surface area contributed by atoms with Crippen LogP contribution >= 0.6 is 11.8 Å². The molecule has 0 aromatic heterocycles. The Morgan fingerprint density at radius 3 is 2.84 bits per heavy atom. The molecule has 101 valence electrons. The predicted octanol–water partition coefficient (Wildman–Crippen LogP) is 2.91. The Hall–Kier alpha value is -1.69. The van der Waals surface area contributed by atoms with Crippen molar-refractivity contribution in [2.45, 2.75) is 13.3 Å². The molecule has 6 heteroatoms. The van der Waals surface area contributed by atoms with Crippen LogP contribution in [0.4, 0.5) is 4.79 Å². The van der Waals surface area contributed by atoms with Crippen LogP contribution in [0.3, 0.4) is 0 Å². The molecule has 1 aromatic carbocycles. The van der Waals surface area contributed by atoms with E-state index in [1.807, 2.05) is 37.3 Å². The van der Waals surface area contributed by atoms with Crippen molar-refractivity contribution >= 4 is 22.9 Å². The molecular formula is C13H16N3O2S. The number of hydrogen-bond acceptors (Lipinski definition) is 5. The lowest BCUT2D eigenvalue weighted by atomic mass is 10.2. The highest BCUT2D eigenvalue weighted by molar-refractivity contribution is 8.16. The lowest BCUT2D eigenvalue weighted by Gasteiger charge is -2.23. The van der Waals surface area contributed by atoms with Crippen molar-refractivity contribution in [1.82, 2.24) is 10.1 Å². The number of benzene rings is 1. The number of nitrogens with zero attached hydrogens (tertiary/aromatic N) is 3. The highest BCUT2D eigenvalue weighted by atomic mass is 32.2. The first-order chi connectivity index (χ1) is 9.22. The quantitative estimate of drug-likeness (QED) is 0.849. The van der Waals surface area contributed by atoms with E-state index in [2.05, 4.69) is 5.10 Å². The Balaban J connectivity index is 2.00. The molecule has 1 radical (unpaired) electrons. The fourth-order valence-corrected chi connectivity index (χ4v) is 2.23. The predicted molar refractivity (Wildman–Crippen MR) is 76.1 cm³/mol. The van der Waals surface area contributed by atoms with E-state index in [1.54, 1.807) is 12.9 Å². The average molecular weight is 278 g/mol. The Bertz CT molecular complexity index is 464. The maximum Gasteiger partial charge on any atom is 0.429 e. The molecular weight excluding hydrogens is 262 g/mol. The number of thioether (sulfide) groups is 1. The molecule has 0 atom stereocenters. The lowest BCUT2D eigenvalue weighted by molar-refractivity contribution is 0.0259. The number of carbonyl (C=O) groups is 1. The van der Waals surface area contributed by atoms with Gasteiger partial charge < -0.3 is 4.74 Å². The number of amides is 1. The molecule has 1 aliphatic rings. The molecule has 0 bridgehead atoms. The minimum Gasteiger partial charge on any atom is -0.448 e. The number of rotatable bonds is 4. The third-order valence-corrected chi connectivity index (χ3v) is 3.31. The molecule has 1 heterocycles. The Labute approximate surface area is 117 Å². The molecule has 0 aliphatic carbocycles. The number of hydrogen-bond donors (Lipinski definition) is 0. The van der Waals surface area contributed by atoms with Crippen LogP contribution in [0.2, 0.25) is 0 Å². The maximum atomic E-state index is 11.7. The zero-order valence-electron chi connectivity index (χ0n) is 10.9. The van der Waals surface area contributed by atoms with Crippen molar-refractivity contribution in [3.05, 3.63) is 41.8 Å². The summed E-state index contributed by atoms with van der Waals surface area (Å²) in [5, 5.41) is 8.06. The Kier molecular flexibility index (Phi) is 4.68. The zero-order chi connectivity index (χ0) is 13.7. The van der Waals surface area contributed by atoms with E-state index in [1.165, 1.54) is 21.9 Å². The highest BCUT2D eigenvalue weighted by Gasteiger charge is 2.24. The van der Waals surface area contributed by atoms with Crippen LogP contribution in [-0.2, 0) is 4.74 Å². The van der Waals surface area contributed by atoms with Crippen molar-refractivity contribution in [3.63, 3.8) is 0 Å². The summed E-state index contributed by atoms with van der Waals surface area (Å²) in [5.41, 5.74) is 1.03. The van der Waals surface area contributed by atoms with Crippen LogP contribution in [0.25, 0.3) is 0 Å². The molecule has 1 aliphatic heterocycles. The molecule has 0 fully saturated rings. The van der Waals surface area contributed by atoms with Crippen LogP contribution < -0.4 is 0 Å². The van der Waals surface area contributed by atoms with Crippen molar-refractivity contribution in [2.24, 2.45) is 5.10 Å². The highest BCUT2D eigenvalue weighted by Crippen LogP contribution is 2.27. The first-order valence-corrected chi connectivity index (χ1v) is 6.94. The van der Waals surface area contributed by atoms with E-state index >= 15 is 0 Å². The summed E-state index contributed by atoms with van der Waals surface area (Å²) in [6.07, 6.45) is 0.396. The van der Waals surface area contributed by atoms with Gasteiger partial charge >= 0.3 is 6.09 Å². The van der Waals surface area contributed by atoms with Gasteiger partial charge in [-0.25, -0.2) is 9.80 Å². The molecule has 19 heavy (non-hydrogen) atoms. The van der Waals surface area contributed by atoms with E-state index in [-0.39, 0.29) is 0 Å². The minimum atomic E-state index is -0.406. The second-order valence-electron chi connectivity index (χ2n) is 3.95. The fourth-order valence-electron chi connectivity index (χ4n) is 1.45. The van der Waals surface area contributed by atoms with Gasteiger partial charge in [-0.15, -0.1) is 5.10 Å². The number of hydrazone groups is 1. The van der Waals surface area contributed by atoms with Gasteiger partial charge in [-0.3, -0.25) is 0 Å².